The van der Waals surface area contributed by atoms with E-state index in [4.69, 9.17) is 11.6 Å². The molecule has 0 amide bonds. The smallest absolute Gasteiger partial charge is 0.265 e. The molecule has 0 bridgehead atoms. The number of anilines is 1. The first-order valence-electron chi connectivity index (χ1n) is 5.05. The number of aryl methyl sites for hydroxylation is 1. The van der Waals surface area contributed by atoms with Gasteiger partial charge in [-0.25, -0.2) is 13.4 Å². The van der Waals surface area contributed by atoms with Gasteiger partial charge in [0.2, 0.25) is 0 Å². The summed E-state index contributed by atoms with van der Waals surface area (Å²) in [5.74, 6) is 0. The molecule has 94 valence electrons. The van der Waals surface area contributed by atoms with Crippen molar-refractivity contribution >= 4 is 27.3 Å². The molecule has 0 saturated carbocycles. The van der Waals surface area contributed by atoms with Gasteiger partial charge in [-0.2, -0.15) is 0 Å². The molecule has 0 saturated heterocycles. The van der Waals surface area contributed by atoms with Crippen LogP contribution in [0.3, 0.4) is 0 Å². The van der Waals surface area contributed by atoms with Crippen LogP contribution in [0.25, 0.3) is 0 Å². The third-order valence-electron chi connectivity index (χ3n) is 2.27. The third kappa shape index (κ3) is 2.60. The summed E-state index contributed by atoms with van der Waals surface area (Å²) in [5.41, 5.74) is 0.999. The van der Waals surface area contributed by atoms with Crippen LogP contribution in [0.4, 0.5) is 5.69 Å². The summed E-state index contributed by atoms with van der Waals surface area (Å²) >= 11 is 5.77. The minimum atomic E-state index is -3.75. The highest BCUT2D eigenvalue weighted by Crippen LogP contribution is 2.22. The first-order chi connectivity index (χ1) is 8.50. The third-order valence-corrected chi connectivity index (χ3v) is 4.08. The van der Waals surface area contributed by atoms with E-state index in [1.54, 1.807) is 25.3 Å². The summed E-state index contributed by atoms with van der Waals surface area (Å²) in [6.45, 7) is 1.71. The number of sulfonamides is 1. The van der Waals surface area contributed by atoms with E-state index in [1.165, 1.54) is 18.3 Å². The predicted molar refractivity (Wildman–Crippen MR) is 69.0 cm³/mol. The summed E-state index contributed by atoms with van der Waals surface area (Å²) in [4.78, 5) is 7.68. The molecule has 0 aliphatic rings. The van der Waals surface area contributed by atoms with Gasteiger partial charge >= 0.3 is 0 Å². The Labute approximate surface area is 110 Å². The Balaban J connectivity index is 2.40. The minimum absolute atomic E-state index is 0.0603. The first kappa shape index (κ1) is 12.8. The monoisotopic (exact) mass is 283 g/mol. The SMILES string of the molecule is Cc1ncccc1NS(=O)(=O)c1cccnc1Cl. The molecular formula is C11H10ClN3O2S. The molecule has 5 nitrogen and oxygen atoms in total. The van der Waals surface area contributed by atoms with E-state index in [0.29, 0.717) is 11.4 Å². The molecule has 0 aliphatic carbocycles. The van der Waals surface area contributed by atoms with E-state index in [1.807, 2.05) is 0 Å². The molecule has 0 radical (unpaired) electrons. The molecule has 2 heterocycles. The Morgan fingerprint density at radius 1 is 1.17 bits per heavy atom. The van der Waals surface area contributed by atoms with Crippen LogP contribution in [-0.4, -0.2) is 18.4 Å². The average Bonchev–Trinajstić information content (AvgIpc) is 2.32. The standard InChI is InChI=1S/C11H10ClN3O2S/c1-8-9(4-2-6-13-8)15-18(16,17)10-5-3-7-14-11(10)12/h2-7,15H,1H3. The number of pyridine rings is 2. The van der Waals surface area contributed by atoms with Gasteiger partial charge in [-0.05, 0) is 31.2 Å². The second kappa shape index (κ2) is 4.91. The molecule has 18 heavy (non-hydrogen) atoms. The second-order valence-corrected chi connectivity index (χ2v) is 5.54. The van der Waals surface area contributed by atoms with Crippen LogP contribution < -0.4 is 4.72 Å². The molecule has 0 aromatic carbocycles. The number of aromatic nitrogens is 2. The molecule has 0 fully saturated rings. The Morgan fingerprint density at radius 2 is 1.83 bits per heavy atom. The van der Waals surface area contributed by atoms with Crippen LogP contribution in [0.15, 0.2) is 41.6 Å². The van der Waals surface area contributed by atoms with Crippen LogP contribution in [-0.2, 0) is 10.0 Å². The Morgan fingerprint density at radius 3 is 2.50 bits per heavy atom. The molecule has 2 rings (SSSR count). The fourth-order valence-electron chi connectivity index (χ4n) is 1.36. The van der Waals surface area contributed by atoms with E-state index in [-0.39, 0.29) is 10.0 Å². The van der Waals surface area contributed by atoms with Crippen LogP contribution in [0.2, 0.25) is 5.15 Å². The van der Waals surface area contributed by atoms with Crippen molar-refractivity contribution in [3.63, 3.8) is 0 Å². The lowest BCUT2D eigenvalue weighted by molar-refractivity contribution is 0.601. The molecule has 2 aromatic rings. The molecule has 7 heteroatoms. The fraction of sp³-hybridized carbons (Fsp3) is 0.0909. The fourth-order valence-corrected chi connectivity index (χ4v) is 2.94. The topological polar surface area (TPSA) is 72.0 Å². The van der Waals surface area contributed by atoms with Crippen LogP contribution in [0.5, 0.6) is 0 Å². The summed E-state index contributed by atoms with van der Waals surface area (Å²) in [6, 6.07) is 6.18. The lowest BCUT2D eigenvalue weighted by Gasteiger charge is -2.10. The highest BCUT2D eigenvalue weighted by molar-refractivity contribution is 7.92. The van der Waals surface area contributed by atoms with Crippen LogP contribution in [0.1, 0.15) is 5.69 Å². The number of halogens is 1. The zero-order chi connectivity index (χ0) is 13.2. The van der Waals surface area contributed by atoms with Crippen molar-refractivity contribution in [3.8, 4) is 0 Å². The minimum Gasteiger partial charge on any atom is -0.278 e. The van der Waals surface area contributed by atoms with Gasteiger partial charge < -0.3 is 0 Å². The Bertz CT molecular complexity index is 673. The van der Waals surface area contributed by atoms with Crippen molar-refractivity contribution in [2.75, 3.05) is 4.72 Å². The van der Waals surface area contributed by atoms with Gasteiger partial charge in [-0.3, -0.25) is 9.71 Å². The van der Waals surface area contributed by atoms with Crippen molar-refractivity contribution in [2.45, 2.75) is 11.8 Å². The van der Waals surface area contributed by atoms with Gasteiger partial charge in [0.05, 0.1) is 11.4 Å². The number of nitrogens with one attached hydrogen (secondary N) is 1. The van der Waals surface area contributed by atoms with Gasteiger partial charge in [-0.15, -0.1) is 0 Å². The van der Waals surface area contributed by atoms with Crippen molar-refractivity contribution in [2.24, 2.45) is 0 Å². The van der Waals surface area contributed by atoms with E-state index in [9.17, 15) is 8.42 Å². The van der Waals surface area contributed by atoms with E-state index in [0.717, 1.165) is 0 Å². The maximum Gasteiger partial charge on any atom is 0.265 e. The van der Waals surface area contributed by atoms with E-state index >= 15 is 0 Å². The van der Waals surface area contributed by atoms with Gasteiger partial charge in [0.1, 0.15) is 10.0 Å². The zero-order valence-corrected chi connectivity index (χ0v) is 11.0. The van der Waals surface area contributed by atoms with Gasteiger partial charge in [0, 0.05) is 12.4 Å². The van der Waals surface area contributed by atoms with Crippen molar-refractivity contribution < 1.29 is 8.42 Å². The molecular weight excluding hydrogens is 274 g/mol. The molecule has 1 N–H and O–H groups in total. The maximum absolute atomic E-state index is 12.1. The summed E-state index contributed by atoms with van der Waals surface area (Å²) in [7, 11) is -3.75. The summed E-state index contributed by atoms with van der Waals surface area (Å²) < 4.78 is 26.7. The largest absolute Gasteiger partial charge is 0.278 e. The average molecular weight is 284 g/mol. The first-order valence-corrected chi connectivity index (χ1v) is 6.92. The lowest BCUT2D eigenvalue weighted by atomic mass is 10.3. The molecule has 0 atom stereocenters. The quantitative estimate of drug-likeness (QED) is 0.877. The Kier molecular flexibility index (Phi) is 3.49. The Hall–Kier alpha value is -1.66. The van der Waals surface area contributed by atoms with Gasteiger partial charge in [-0.1, -0.05) is 11.6 Å². The van der Waals surface area contributed by atoms with Crippen molar-refractivity contribution in [1.29, 1.82) is 0 Å². The summed E-state index contributed by atoms with van der Waals surface area (Å²) in [6.07, 6.45) is 3.01. The molecule has 0 aliphatic heterocycles. The van der Waals surface area contributed by atoms with E-state index < -0.39 is 10.0 Å². The number of hydrogen-bond donors (Lipinski definition) is 1. The summed E-state index contributed by atoms with van der Waals surface area (Å²) in [5, 5.41) is -0.0634. The normalized spacial score (nSPS) is 11.2. The second-order valence-electron chi connectivity index (χ2n) is 3.53. The lowest BCUT2D eigenvalue weighted by Crippen LogP contribution is -2.14. The number of nitrogens with zero attached hydrogens (tertiary/aromatic N) is 2. The highest BCUT2D eigenvalue weighted by atomic mass is 35.5. The zero-order valence-electron chi connectivity index (χ0n) is 9.46. The van der Waals surface area contributed by atoms with Crippen molar-refractivity contribution in [3.05, 3.63) is 47.5 Å². The molecule has 0 spiro atoms. The number of hydrogen-bond acceptors (Lipinski definition) is 4. The number of rotatable bonds is 3. The van der Waals surface area contributed by atoms with Crippen LogP contribution in [0, 0.1) is 6.92 Å². The molecule has 0 unspecified atom stereocenters. The molecule has 2 aromatic heterocycles. The van der Waals surface area contributed by atoms with Gasteiger partial charge in [0.25, 0.3) is 10.0 Å². The van der Waals surface area contributed by atoms with Gasteiger partial charge in [0.15, 0.2) is 0 Å². The highest BCUT2D eigenvalue weighted by Gasteiger charge is 2.19. The van der Waals surface area contributed by atoms with Crippen molar-refractivity contribution in [1.82, 2.24) is 9.97 Å². The van der Waals surface area contributed by atoms with E-state index in [2.05, 4.69) is 14.7 Å². The predicted octanol–water partition coefficient (Wildman–Crippen LogP) is 2.24. The van der Waals surface area contributed by atoms with Crippen LogP contribution >= 0.6 is 11.6 Å². The maximum atomic E-state index is 12.1.